The first-order valence-corrected chi connectivity index (χ1v) is 7.55. The van der Waals surface area contributed by atoms with Crippen molar-refractivity contribution < 1.29 is 9.90 Å². The van der Waals surface area contributed by atoms with Crippen molar-refractivity contribution in [2.75, 3.05) is 0 Å². The second kappa shape index (κ2) is 6.91. The van der Waals surface area contributed by atoms with Gasteiger partial charge in [-0.25, -0.2) is 4.68 Å². The molecule has 0 radical (unpaired) electrons. The summed E-state index contributed by atoms with van der Waals surface area (Å²) < 4.78 is 1.41. The van der Waals surface area contributed by atoms with Crippen LogP contribution in [0.25, 0.3) is 11.3 Å². The van der Waals surface area contributed by atoms with E-state index in [0.717, 1.165) is 22.4 Å². The first kappa shape index (κ1) is 15.7. The fraction of sp³-hybridized carbons (Fsp3) is 0.105. The van der Waals surface area contributed by atoms with Crippen molar-refractivity contribution in [3.05, 3.63) is 88.2 Å². The topological polar surface area (TPSA) is 72.2 Å². The molecule has 0 saturated carbocycles. The van der Waals surface area contributed by atoms with E-state index in [4.69, 9.17) is 5.11 Å². The molecule has 3 aromatic rings. The van der Waals surface area contributed by atoms with E-state index in [1.165, 1.54) is 10.7 Å². The van der Waals surface area contributed by atoms with Crippen molar-refractivity contribution >= 4 is 5.97 Å². The number of benzene rings is 2. The second-order valence-electron chi connectivity index (χ2n) is 5.47. The molecule has 0 bridgehead atoms. The van der Waals surface area contributed by atoms with Crippen LogP contribution in [0.5, 0.6) is 0 Å². The summed E-state index contributed by atoms with van der Waals surface area (Å²) in [6, 6.07) is 20.0. The van der Waals surface area contributed by atoms with E-state index in [-0.39, 0.29) is 12.0 Å². The third-order valence-electron chi connectivity index (χ3n) is 3.65. The quantitative estimate of drug-likeness (QED) is 0.784. The minimum atomic E-state index is -0.865. The Morgan fingerprint density at radius 2 is 1.58 bits per heavy atom. The lowest BCUT2D eigenvalue weighted by Gasteiger charge is -2.08. The summed E-state index contributed by atoms with van der Waals surface area (Å²) in [7, 11) is 0. The molecule has 24 heavy (non-hydrogen) atoms. The molecule has 3 rings (SSSR count). The number of nitrogens with zero attached hydrogens (tertiary/aromatic N) is 2. The molecule has 5 heteroatoms. The normalized spacial score (nSPS) is 10.5. The molecule has 0 spiro atoms. The maximum absolute atomic E-state index is 12.0. The third kappa shape index (κ3) is 3.76. The molecule has 120 valence electrons. The van der Waals surface area contributed by atoms with Gasteiger partial charge in [-0.2, -0.15) is 5.10 Å². The van der Waals surface area contributed by atoms with Gasteiger partial charge in [0, 0.05) is 11.6 Å². The predicted molar refractivity (Wildman–Crippen MR) is 90.8 cm³/mol. The summed E-state index contributed by atoms with van der Waals surface area (Å²) in [5, 5.41) is 13.2. The predicted octanol–water partition coefficient (Wildman–Crippen LogP) is 2.59. The molecule has 1 N–H and O–H groups in total. The molecule has 0 unspecified atom stereocenters. The Morgan fingerprint density at radius 3 is 2.25 bits per heavy atom. The van der Waals surface area contributed by atoms with Crippen LogP contribution in [0.2, 0.25) is 0 Å². The number of carboxylic acids is 1. The Balaban J connectivity index is 1.84. The first-order chi connectivity index (χ1) is 11.6. The van der Waals surface area contributed by atoms with Gasteiger partial charge in [-0.3, -0.25) is 9.59 Å². The van der Waals surface area contributed by atoms with Gasteiger partial charge in [0.1, 0.15) is 0 Å². The molecule has 0 saturated heterocycles. The molecule has 0 aliphatic carbocycles. The summed E-state index contributed by atoms with van der Waals surface area (Å²) in [6.07, 6.45) is -0.0119. The van der Waals surface area contributed by atoms with E-state index >= 15 is 0 Å². The first-order valence-electron chi connectivity index (χ1n) is 7.55. The molecule has 0 fully saturated rings. The van der Waals surface area contributed by atoms with E-state index in [2.05, 4.69) is 5.10 Å². The van der Waals surface area contributed by atoms with Crippen LogP contribution in [0.3, 0.4) is 0 Å². The van der Waals surface area contributed by atoms with Crippen molar-refractivity contribution in [3.63, 3.8) is 0 Å². The van der Waals surface area contributed by atoms with E-state index in [0.29, 0.717) is 6.54 Å². The van der Waals surface area contributed by atoms with Crippen LogP contribution < -0.4 is 5.56 Å². The summed E-state index contributed by atoms with van der Waals surface area (Å²) in [6.45, 7) is 0.340. The lowest BCUT2D eigenvalue weighted by Crippen LogP contribution is -2.22. The van der Waals surface area contributed by atoms with Crippen LogP contribution in [0.1, 0.15) is 11.1 Å². The lowest BCUT2D eigenvalue weighted by atomic mass is 10.1. The van der Waals surface area contributed by atoms with Gasteiger partial charge in [-0.1, -0.05) is 54.6 Å². The smallest absolute Gasteiger partial charge is 0.307 e. The minimum Gasteiger partial charge on any atom is -0.481 e. The Kier molecular flexibility index (Phi) is 4.52. The molecule has 0 aliphatic heterocycles. The number of hydrogen-bond donors (Lipinski definition) is 1. The largest absolute Gasteiger partial charge is 0.481 e. The molecule has 5 nitrogen and oxygen atoms in total. The van der Waals surface area contributed by atoms with Gasteiger partial charge in [0.15, 0.2) is 0 Å². The van der Waals surface area contributed by atoms with E-state index in [9.17, 15) is 9.59 Å². The Bertz CT molecular complexity index is 900. The van der Waals surface area contributed by atoms with Crippen LogP contribution >= 0.6 is 0 Å². The van der Waals surface area contributed by atoms with E-state index in [1.807, 2.05) is 42.5 Å². The van der Waals surface area contributed by atoms with Gasteiger partial charge >= 0.3 is 5.97 Å². The molecule has 2 aromatic carbocycles. The van der Waals surface area contributed by atoms with E-state index < -0.39 is 5.97 Å². The standard InChI is InChI=1S/C19H16N2O3/c22-18-11-10-17(16-4-2-1-3-5-16)20-21(18)13-15-8-6-14(7-9-15)12-19(23)24/h1-11H,12-13H2,(H,23,24). The lowest BCUT2D eigenvalue weighted by molar-refractivity contribution is -0.136. The Labute approximate surface area is 138 Å². The molecule has 1 heterocycles. The molecular formula is C19H16N2O3. The van der Waals surface area contributed by atoms with Crippen LogP contribution in [0, 0.1) is 0 Å². The van der Waals surface area contributed by atoms with Gasteiger partial charge in [0.05, 0.1) is 18.7 Å². The number of rotatable bonds is 5. The summed E-state index contributed by atoms with van der Waals surface area (Å²) in [5.74, 6) is -0.865. The van der Waals surface area contributed by atoms with Crippen molar-refractivity contribution in [2.24, 2.45) is 0 Å². The fourth-order valence-electron chi connectivity index (χ4n) is 2.44. The third-order valence-corrected chi connectivity index (χ3v) is 3.65. The maximum atomic E-state index is 12.0. The molecular weight excluding hydrogens is 304 g/mol. The van der Waals surface area contributed by atoms with Crippen LogP contribution in [-0.2, 0) is 17.8 Å². The average Bonchev–Trinajstić information content (AvgIpc) is 2.59. The molecule has 0 atom stereocenters. The molecule has 1 aromatic heterocycles. The number of hydrogen-bond acceptors (Lipinski definition) is 3. The fourth-order valence-corrected chi connectivity index (χ4v) is 2.44. The van der Waals surface area contributed by atoms with Crippen LogP contribution in [0.15, 0.2) is 71.5 Å². The highest BCUT2D eigenvalue weighted by Gasteiger charge is 2.05. The highest BCUT2D eigenvalue weighted by molar-refractivity contribution is 5.70. The van der Waals surface area contributed by atoms with Crippen LogP contribution in [0.4, 0.5) is 0 Å². The maximum Gasteiger partial charge on any atom is 0.307 e. The van der Waals surface area contributed by atoms with Gasteiger partial charge in [-0.05, 0) is 17.2 Å². The van der Waals surface area contributed by atoms with Gasteiger partial charge < -0.3 is 5.11 Å². The Hall–Kier alpha value is -3.21. The molecule has 0 amide bonds. The van der Waals surface area contributed by atoms with Gasteiger partial charge in [0.2, 0.25) is 0 Å². The van der Waals surface area contributed by atoms with Gasteiger partial charge in [-0.15, -0.1) is 0 Å². The van der Waals surface area contributed by atoms with Crippen molar-refractivity contribution in [3.8, 4) is 11.3 Å². The second-order valence-corrected chi connectivity index (χ2v) is 5.47. The highest BCUT2D eigenvalue weighted by Crippen LogP contribution is 2.14. The van der Waals surface area contributed by atoms with Crippen molar-refractivity contribution in [1.29, 1.82) is 0 Å². The zero-order chi connectivity index (χ0) is 16.9. The minimum absolute atomic E-state index is 0.0119. The van der Waals surface area contributed by atoms with Crippen LogP contribution in [-0.4, -0.2) is 20.9 Å². The number of aliphatic carboxylic acids is 1. The van der Waals surface area contributed by atoms with Crippen molar-refractivity contribution in [2.45, 2.75) is 13.0 Å². The Morgan fingerprint density at radius 1 is 0.917 bits per heavy atom. The van der Waals surface area contributed by atoms with E-state index in [1.54, 1.807) is 18.2 Å². The number of aromatic nitrogens is 2. The summed E-state index contributed by atoms with van der Waals surface area (Å²) in [5.41, 5.74) is 3.12. The number of carboxylic acid groups (broad SMARTS) is 1. The molecule has 0 aliphatic rings. The monoisotopic (exact) mass is 320 g/mol. The van der Waals surface area contributed by atoms with Crippen molar-refractivity contribution in [1.82, 2.24) is 9.78 Å². The zero-order valence-corrected chi connectivity index (χ0v) is 12.9. The zero-order valence-electron chi connectivity index (χ0n) is 12.9. The summed E-state index contributed by atoms with van der Waals surface area (Å²) >= 11 is 0. The average molecular weight is 320 g/mol. The highest BCUT2D eigenvalue weighted by atomic mass is 16.4. The summed E-state index contributed by atoms with van der Waals surface area (Å²) in [4.78, 5) is 22.7. The SMILES string of the molecule is O=C(O)Cc1ccc(Cn2nc(-c3ccccc3)ccc2=O)cc1. The number of carbonyl (C=O) groups is 1. The van der Waals surface area contributed by atoms with Gasteiger partial charge in [0.25, 0.3) is 5.56 Å².